The molecule has 0 unspecified atom stereocenters. The number of anilines is 2. The van der Waals surface area contributed by atoms with Crippen molar-refractivity contribution in [1.82, 2.24) is 5.32 Å². The van der Waals surface area contributed by atoms with Gasteiger partial charge in [-0.05, 0) is 36.1 Å². The molecule has 0 aromatic heterocycles. The lowest BCUT2D eigenvalue weighted by Gasteiger charge is -2.11. The first-order valence-corrected chi connectivity index (χ1v) is 9.56. The molecule has 2 amide bonds. The van der Waals surface area contributed by atoms with Crippen molar-refractivity contribution in [2.45, 2.75) is 6.42 Å². The first-order valence-electron chi connectivity index (χ1n) is 9.56. The third-order valence-corrected chi connectivity index (χ3v) is 4.45. The molecule has 29 heavy (non-hydrogen) atoms. The predicted molar refractivity (Wildman–Crippen MR) is 116 cm³/mol. The van der Waals surface area contributed by atoms with Crippen molar-refractivity contribution in [2.24, 2.45) is 0 Å². The van der Waals surface area contributed by atoms with Crippen molar-refractivity contribution in [2.75, 3.05) is 37.4 Å². The van der Waals surface area contributed by atoms with E-state index < -0.39 is 0 Å². The van der Waals surface area contributed by atoms with E-state index in [0.717, 1.165) is 22.9 Å². The minimum absolute atomic E-state index is 0.0993. The quantitative estimate of drug-likeness (QED) is 0.487. The first-order chi connectivity index (χ1) is 14.2. The fraction of sp³-hybridized carbons (Fsp3) is 0.217. The van der Waals surface area contributed by atoms with Crippen LogP contribution >= 0.6 is 0 Å². The summed E-state index contributed by atoms with van der Waals surface area (Å²) >= 11 is 0. The van der Waals surface area contributed by atoms with Gasteiger partial charge in [0.15, 0.2) is 0 Å². The Hall–Kier alpha value is -3.38. The van der Waals surface area contributed by atoms with Crippen LogP contribution < -0.4 is 16.0 Å². The SMILES string of the molecule is COCCCNC(=O)c1cccc(NCC(=O)Nc2cccc3ccccc23)c1. The maximum absolute atomic E-state index is 12.4. The molecule has 0 aliphatic heterocycles. The highest BCUT2D eigenvalue weighted by atomic mass is 16.5. The molecule has 0 heterocycles. The Bertz CT molecular complexity index is 983. The van der Waals surface area contributed by atoms with E-state index in [2.05, 4.69) is 16.0 Å². The first kappa shape index (κ1) is 20.4. The van der Waals surface area contributed by atoms with E-state index in [1.54, 1.807) is 25.3 Å². The molecule has 0 bridgehead atoms. The average Bonchev–Trinajstić information content (AvgIpc) is 2.76. The topological polar surface area (TPSA) is 79.5 Å². The van der Waals surface area contributed by atoms with Crippen molar-refractivity contribution >= 4 is 34.0 Å². The van der Waals surface area contributed by atoms with Gasteiger partial charge in [0.1, 0.15) is 0 Å². The summed E-state index contributed by atoms with van der Waals surface area (Å²) in [6, 6.07) is 20.8. The van der Waals surface area contributed by atoms with Crippen LogP contribution in [0.1, 0.15) is 16.8 Å². The summed E-state index contributed by atoms with van der Waals surface area (Å²) < 4.78 is 4.97. The molecular weight excluding hydrogens is 366 g/mol. The van der Waals surface area contributed by atoms with E-state index in [0.29, 0.717) is 24.4 Å². The minimum Gasteiger partial charge on any atom is -0.385 e. The van der Waals surface area contributed by atoms with Gasteiger partial charge in [-0.3, -0.25) is 9.59 Å². The number of rotatable bonds is 9. The zero-order chi connectivity index (χ0) is 20.5. The van der Waals surface area contributed by atoms with Crippen LogP contribution in [-0.2, 0) is 9.53 Å². The average molecular weight is 391 g/mol. The van der Waals surface area contributed by atoms with Gasteiger partial charge in [0, 0.05) is 42.6 Å². The Morgan fingerprint density at radius 1 is 0.966 bits per heavy atom. The molecule has 0 aliphatic carbocycles. The molecule has 0 saturated carbocycles. The van der Waals surface area contributed by atoms with Crippen LogP contribution in [0, 0.1) is 0 Å². The van der Waals surface area contributed by atoms with Crippen LogP contribution in [0.15, 0.2) is 66.7 Å². The molecule has 3 aromatic carbocycles. The Labute approximate surface area is 170 Å². The number of fused-ring (bicyclic) bond motifs is 1. The highest BCUT2D eigenvalue weighted by Crippen LogP contribution is 2.22. The van der Waals surface area contributed by atoms with E-state index in [4.69, 9.17) is 4.74 Å². The zero-order valence-corrected chi connectivity index (χ0v) is 16.4. The lowest BCUT2D eigenvalue weighted by atomic mass is 10.1. The van der Waals surface area contributed by atoms with E-state index in [-0.39, 0.29) is 18.4 Å². The molecule has 3 N–H and O–H groups in total. The van der Waals surface area contributed by atoms with Crippen LogP contribution in [0.5, 0.6) is 0 Å². The maximum Gasteiger partial charge on any atom is 0.251 e. The number of hydrogen-bond donors (Lipinski definition) is 3. The molecule has 6 nitrogen and oxygen atoms in total. The standard InChI is InChI=1S/C23H25N3O3/c1-29-14-6-13-24-23(28)18-9-4-10-19(15-18)25-16-22(27)26-21-12-5-8-17-7-2-3-11-20(17)21/h2-5,7-12,15,25H,6,13-14,16H2,1H3,(H,24,28)(H,26,27). The number of amides is 2. The zero-order valence-electron chi connectivity index (χ0n) is 16.4. The third-order valence-electron chi connectivity index (χ3n) is 4.45. The molecule has 0 atom stereocenters. The normalized spacial score (nSPS) is 10.5. The summed E-state index contributed by atoms with van der Waals surface area (Å²) in [6.07, 6.45) is 0.758. The van der Waals surface area contributed by atoms with Crippen LogP contribution in [0.25, 0.3) is 10.8 Å². The number of methoxy groups -OCH3 is 1. The van der Waals surface area contributed by atoms with Crippen molar-refractivity contribution < 1.29 is 14.3 Å². The lowest BCUT2D eigenvalue weighted by Crippen LogP contribution is -2.25. The van der Waals surface area contributed by atoms with Gasteiger partial charge in [-0.2, -0.15) is 0 Å². The molecule has 6 heteroatoms. The molecule has 0 saturated heterocycles. The molecule has 0 spiro atoms. The van der Waals surface area contributed by atoms with Gasteiger partial charge >= 0.3 is 0 Å². The summed E-state index contributed by atoms with van der Waals surface area (Å²) in [6.45, 7) is 1.26. The van der Waals surface area contributed by atoms with Gasteiger partial charge in [-0.15, -0.1) is 0 Å². The molecule has 3 rings (SSSR count). The van der Waals surface area contributed by atoms with E-state index >= 15 is 0 Å². The van der Waals surface area contributed by atoms with Crippen molar-refractivity contribution in [3.63, 3.8) is 0 Å². The number of carbonyl (C=O) groups is 2. The Kier molecular flexibility index (Phi) is 7.19. The van der Waals surface area contributed by atoms with Crippen molar-refractivity contribution in [1.29, 1.82) is 0 Å². The van der Waals surface area contributed by atoms with Gasteiger partial charge in [0.2, 0.25) is 5.91 Å². The molecule has 0 radical (unpaired) electrons. The van der Waals surface area contributed by atoms with E-state index in [1.165, 1.54) is 0 Å². The van der Waals surface area contributed by atoms with Gasteiger partial charge in [-0.25, -0.2) is 0 Å². The molecule has 0 fully saturated rings. The lowest BCUT2D eigenvalue weighted by molar-refractivity contribution is -0.114. The van der Waals surface area contributed by atoms with Gasteiger partial charge in [0.25, 0.3) is 5.91 Å². The number of ether oxygens (including phenoxy) is 1. The van der Waals surface area contributed by atoms with Gasteiger partial charge in [-0.1, -0.05) is 42.5 Å². The fourth-order valence-corrected chi connectivity index (χ4v) is 3.00. The summed E-state index contributed by atoms with van der Waals surface area (Å²) in [4.78, 5) is 24.6. The number of nitrogens with one attached hydrogen (secondary N) is 3. The van der Waals surface area contributed by atoms with Crippen LogP contribution in [0.3, 0.4) is 0 Å². The third kappa shape index (κ3) is 5.80. The Morgan fingerprint density at radius 3 is 2.62 bits per heavy atom. The van der Waals surface area contributed by atoms with Crippen LogP contribution in [0.4, 0.5) is 11.4 Å². The molecule has 3 aromatic rings. The second-order valence-corrected chi connectivity index (χ2v) is 6.61. The van der Waals surface area contributed by atoms with E-state index in [9.17, 15) is 9.59 Å². The van der Waals surface area contributed by atoms with Crippen molar-refractivity contribution in [3.8, 4) is 0 Å². The largest absolute Gasteiger partial charge is 0.385 e. The summed E-state index contributed by atoms with van der Waals surface area (Å²) in [5.74, 6) is -0.305. The second-order valence-electron chi connectivity index (χ2n) is 6.61. The monoisotopic (exact) mass is 391 g/mol. The molecule has 150 valence electrons. The highest BCUT2D eigenvalue weighted by molar-refractivity contribution is 6.03. The maximum atomic E-state index is 12.4. The predicted octanol–water partition coefficient (Wildman–Crippen LogP) is 3.66. The van der Waals surface area contributed by atoms with Crippen LogP contribution in [0.2, 0.25) is 0 Å². The summed E-state index contributed by atoms with van der Waals surface area (Å²) in [7, 11) is 1.63. The highest BCUT2D eigenvalue weighted by Gasteiger charge is 2.08. The van der Waals surface area contributed by atoms with Crippen molar-refractivity contribution in [3.05, 3.63) is 72.3 Å². The van der Waals surface area contributed by atoms with E-state index in [1.807, 2.05) is 48.5 Å². The number of hydrogen-bond acceptors (Lipinski definition) is 4. The molecule has 0 aliphatic rings. The minimum atomic E-state index is -0.157. The van der Waals surface area contributed by atoms with Gasteiger partial charge in [0.05, 0.1) is 6.54 Å². The summed E-state index contributed by atoms with van der Waals surface area (Å²) in [5.41, 5.74) is 2.03. The Balaban J connectivity index is 1.55. The molecular formula is C23H25N3O3. The number of carbonyl (C=O) groups excluding carboxylic acids is 2. The Morgan fingerprint density at radius 2 is 1.76 bits per heavy atom. The smallest absolute Gasteiger partial charge is 0.251 e. The van der Waals surface area contributed by atoms with Crippen LogP contribution in [-0.4, -0.2) is 38.6 Å². The second kappa shape index (κ2) is 10.2. The fourth-order valence-electron chi connectivity index (χ4n) is 3.00. The van der Waals surface area contributed by atoms with Gasteiger partial charge < -0.3 is 20.7 Å². The number of benzene rings is 3. The summed E-state index contributed by atoms with van der Waals surface area (Å²) in [5, 5.41) is 10.9.